The van der Waals surface area contributed by atoms with Crippen molar-refractivity contribution in [3.8, 4) is 0 Å². The summed E-state index contributed by atoms with van der Waals surface area (Å²) in [6, 6.07) is 3.45. The molecule has 2 aromatic heterocycles. The molecule has 0 aromatic carbocycles. The van der Waals surface area contributed by atoms with Crippen LogP contribution >= 0.6 is 0 Å². The zero-order valence-corrected chi connectivity index (χ0v) is 24.7. The van der Waals surface area contributed by atoms with Crippen molar-refractivity contribution in [1.29, 1.82) is 0 Å². The fourth-order valence-corrected chi connectivity index (χ4v) is 5.35. The first-order chi connectivity index (χ1) is 19.6. The van der Waals surface area contributed by atoms with Gasteiger partial charge in [0.2, 0.25) is 5.91 Å². The van der Waals surface area contributed by atoms with E-state index in [4.69, 9.17) is 9.72 Å². The number of amides is 1. The number of halogens is 3. The number of hydrazone groups is 1. The van der Waals surface area contributed by atoms with Gasteiger partial charge in [-0.2, -0.15) is 13.2 Å². The van der Waals surface area contributed by atoms with Gasteiger partial charge in [-0.15, -0.1) is 5.10 Å². The smallest absolute Gasteiger partial charge is 0.437 e. The van der Waals surface area contributed by atoms with E-state index in [9.17, 15) is 18.0 Å². The molecule has 3 aliphatic rings. The normalized spacial score (nSPS) is 22.3. The second kappa shape index (κ2) is 10.5. The molecule has 0 bridgehead atoms. The third-order valence-electron chi connectivity index (χ3n) is 7.89. The monoisotopic (exact) mass is 589 g/mol. The van der Waals surface area contributed by atoms with E-state index in [-0.39, 0.29) is 29.0 Å². The maximum atomic E-state index is 13.5. The Kier molecular flexibility index (Phi) is 7.48. The third-order valence-corrected chi connectivity index (χ3v) is 7.89. The maximum Gasteiger partial charge on any atom is 0.449 e. The first-order valence-corrected chi connectivity index (χ1v) is 14.1. The number of nitrogens with zero attached hydrogens (tertiary/aromatic N) is 5. The number of hydrogen-bond acceptors (Lipinski definition) is 10. The first-order valence-electron chi connectivity index (χ1n) is 14.1. The van der Waals surface area contributed by atoms with Crippen LogP contribution in [0.3, 0.4) is 0 Å². The van der Waals surface area contributed by atoms with Gasteiger partial charge >= 0.3 is 6.18 Å². The lowest BCUT2D eigenvalue weighted by atomic mass is 9.86. The minimum Gasteiger partial charge on any atom is -0.437 e. The first kappa shape index (κ1) is 29.8. The number of carbonyl (C=O) groups is 1. The Morgan fingerprint density at radius 2 is 1.81 bits per heavy atom. The van der Waals surface area contributed by atoms with Crippen molar-refractivity contribution in [3.63, 3.8) is 0 Å². The van der Waals surface area contributed by atoms with Crippen LogP contribution in [0.1, 0.15) is 77.3 Å². The van der Waals surface area contributed by atoms with Gasteiger partial charge in [-0.1, -0.05) is 0 Å². The molecule has 11 nitrogen and oxygen atoms in total. The Morgan fingerprint density at radius 3 is 2.45 bits per heavy atom. The largest absolute Gasteiger partial charge is 0.449 e. The fraction of sp³-hybridized carbons (Fsp3) is 0.607. The number of fused-ring (bicyclic) bond motifs is 1. The summed E-state index contributed by atoms with van der Waals surface area (Å²) in [6.45, 7) is 13.6. The zero-order valence-electron chi connectivity index (χ0n) is 24.7. The number of piperidine rings is 1. The number of rotatable bonds is 7. The molecule has 0 unspecified atom stereocenters. The van der Waals surface area contributed by atoms with Crippen molar-refractivity contribution >= 4 is 29.1 Å². The van der Waals surface area contributed by atoms with E-state index >= 15 is 0 Å². The molecule has 1 amide bonds. The molecule has 0 spiro atoms. The van der Waals surface area contributed by atoms with Crippen LogP contribution in [0.5, 0.6) is 0 Å². The highest BCUT2D eigenvalue weighted by atomic mass is 19.4. The molecule has 5 heterocycles. The number of hydrogen-bond donors (Lipinski definition) is 4. The third kappa shape index (κ3) is 5.68. The number of alkyl halides is 3. The Balaban J connectivity index is 1.37. The predicted octanol–water partition coefficient (Wildman–Crippen LogP) is 3.85. The highest BCUT2D eigenvalue weighted by molar-refractivity contribution is 6.06. The lowest BCUT2D eigenvalue weighted by molar-refractivity contribution is -0.250. The van der Waals surface area contributed by atoms with Crippen LogP contribution in [0.2, 0.25) is 0 Å². The number of carbonyl (C=O) groups excluding carboxylic acids is 1. The van der Waals surface area contributed by atoms with Gasteiger partial charge in [0, 0.05) is 44.6 Å². The van der Waals surface area contributed by atoms with E-state index in [2.05, 4.69) is 62.1 Å². The number of anilines is 3. The summed E-state index contributed by atoms with van der Waals surface area (Å²) in [5.41, 5.74) is 1.25. The number of nitrogens with one attached hydrogen (secondary N) is 4. The molecule has 3 aliphatic heterocycles. The highest BCUT2D eigenvalue weighted by Gasteiger charge is 2.57. The van der Waals surface area contributed by atoms with Crippen molar-refractivity contribution in [3.05, 3.63) is 35.4 Å². The minimum absolute atomic E-state index is 0.0193. The molecule has 0 saturated carbocycles. The molecule has 42 heavy (non-hydrogen) atoms. The van der Waals surface area contributed by atoms with Gasteiger partial charge in [-0.05, 0) is 59.6 Å². The van der Waals surface area contributed by atoms with Crippen molar-refractivity contribution in [2.24, 2.45) is 5.10 Å². The Bertz CT molecular complexity index is 1380. The summed E-state index contributed by atoms with van der Waals surface area (Å²) in [4.78, 5) is 28.3. The average Bonchev–Trinajstić information content (AvgIpc) is 3.44. The zero-order chi connectivity index (χ0) is 30.5. The number of ether oxygens (including phenoxy) is 1. The molecule has 228 valence electrons. The van der Waals surface area contributed by atoms with Crippen molar-refractivity contribution in [1.82, 2.24) is 25.7 Å². The lowest BCUT2D eigenvalue weighted by Gasteiger charge is -2.35. The van der Waals surface area contributed by atoms with E-state index in [1.54, 1.807) is 6.07 Å². The van der Waals surface area contributed by atoms with Crippen LogP contribution in [0, 0.1) is 0 Å². The van der Waals surface area contributed by atoms with Gasteiger partial charge in [0.05, 0.1) is 22.4 Å². The van der Waals surface area contributed by atoms with E-state index in [1.807, 2.05) is 19.9 Å². The summed E-state index contributed by atoms with van der Waals surface area (Å²) in [5, 5.41) is 13.6. The Hall–Kier alpha value is -3.68. The summed E-state index contributed by atoms with van der Waals surface area (Å²) in [5.74, 6) is 0.983. The molecular formula is C28H38F3N9O2. The average molecular weight is 590 g/mol. The van der Waals surface area contributed by atoms with E-state index in [0.717, 1.165) is 42.5 Å². The fourth-order valence-electron chi connectivity index (χ4n) is 5.35. The van der Waals surface area contributed by atoms with Crippen molar-refractivity contribution < 1.29 is 22.7 Å². The van der Waals surface area contributed by atoms with E-state index in [0.29, 0.717) is 32.0 Å². The molecular weight excluding hydrogens is 551 g/mol. The van der Waals surface area contributed by atoms with Gasteiger partial charge < -0.3 is 25.6 Å². The van der Waals surface area contributed by atoms with Crippen LogP contribution in [-0.2, 0) is 14.9 Å². The molecule has 1 saturated heterocycles. The standard InChI is InChI=1S/C28H38F3N9O2/c1-25(2,3)35-12-11-32-17-7-8-18(23-38-39-27(6,42-23)28(29,30)31)36-20(17)16-9-13-40(14-10-16)22-19-21(33-15-34-22)37-24(41)26(19,4)5/h7-8,15-16,32,35,39H,9-14H2,1-6H3,(H,33,34,37,41)/t27-/m0/s1. The molecule has 2 aromatic rings. The van der Waals surface area contributed by atoms with Crippen molar-refractivity contribution in [2.45, 2.75) is 83.2 Å². The van der Waals surface area contributed by atoms with Gasteiger partial charge in [0.15, 0.2) is 0 Å². The quantitative estimate of drug-likeness (QED) is 0.356. The van der Waals surface area contributed by atoms with Crippen LogP contribution in [-0.4, -0.2) is 70.4 Å². The molecule has 0 aliphatic carbocycles. The van der Waals surface area contributed by atoms with E-state index < -0.39 is 17.3 Å². The van der Waals surface area contributed by atoms with Crippen LogP contribution in [0.25, 0.3) is 0 Å². The summed E-state index contributed by atoms with van der Waals surface area (Å²) in [6.07, 6.45) is -1.76. The summed E-state index contributed by atoms with van der Waals surface area (Å²) < 4.78 is 45.8. The molecule has 1 atom stereocenters. The highest BCUT2D eigenvalue weighted by Crippen LogP contribution is 2.43. The maximum absolute atomic E-state index is 13.5. The van der Waals surface area contributed by atoms with Crippen LogP contribution in [0.15, 0.2) is 23.6 Å². The topological polar surface area (TPSA) is 129 Å². The lowest BCUT2D eigenvalue weighted by Crippen LogP contribution is -2.51. The minimum atomic E-state index is -4.66. The van der Waals surface area contributed by atoms with Crippen LogP contribution < -0.4 is 26.3 Å². The van der Waals surface area contributed by atoms with Crippen LogP contribution in [0.4, 0.5) is 30.5 Å². The van der Waals surface area contributed by atoms with Gasteiger partial charge in [-0.25, -0.2) is 15.0 Å². The van der Waals surface area contributed by atoms with E-state index in [1.165, 1.54) is 6.33 Å². The molecule has 0 radical (unpaired) electrons. The number of pyridine rings is 1. The Morgan fingerprint density at radius 1 is 1.10 bits per heavy atom. The van der Waals surface area contributed by atoms with Gasteiger partial charge in [-0.3, -0.25) is 10.2 Å². The van der Waals surface area contributed by atoms with Gasteiger partial charge in [0.1, 0.15) is 23.7 Å². The summed E-state index contributed by atoms with van der Waals surface area (Å²) >= 11 is 0. The SMILES string of the molecule is CC(C)(C)NCCNc1ccc(C2=NN[C@](C)(C(F)(F)F)O2)nc1C1CCN(c2ncnc3c2C(C)(C)C(=O)N3)CC1. The second-order valence-electron chi connectivity index (χ2n) is 12.7. The second-order valence-corrected chi connectivity index (χ2v) is 12.7. The molecule has 14 heteroatoms. The number of aromatic nitrogens is 3. The molecule has 5 rings (SSSR count). The molecule has 4 N–H and O–H groups in total. The summed E-state index contributed by atoms with van der Waals surface area (Å²) in [7, 11) is 0. The van der Waals surface area contributed by atoms with Crippen molar-refractivity contribution in [2.75, 3.05) is 41.7 Å². The van der Waals surface area contributed by atoms with Gasteiger partial charge in [0.25, 0.3) is 11.6 Å². The Labute approximate surface area is 243 Å². The molecule has 1 fully saturated rings. The predicted molar refractivity (Wildman–Crippen MR) is 154 cm³/mol.